The molecule has 80 valence electrons. The van der Waals surface area contributed by atoms with Crippen LogP contribution in [-0.2, 0) is 0 Å². The predicted molar refractivity (Wildman–Crippen MR) is 54.1 cm³/mol. The van der Waals surface area contributed by atoms with Crippen LogP contribution < -0.4 is 10.5 Å². The summed E-state index contributed by atoms with van der Waals surface area (Å²) in [5.41, 5.74) is 5.24. The third-order valence-corrected chi connectivity index (χ3v) is 1.93. The smallest absolute Gasteiger partial charge is 0.323 e. The first-order chi connectivity index (χ1) is 6.99. The Bertz CT molecular complexity index is 428. The predicted octanol–water partition coefficient (Wildman–Crippen LogP) is 1.39. The van der Waals surface area contributed by atoms with E-state index in [9.17, 15) is 14.9 Å². The Morgan fingerprint density at radius 1 is 1.53 bits per heavy atom. The van der Waals surface area contributed by atoms with Crippen molar-refractivity contribution in [3.8, 4) is 5.75 Å². The molecule has 0 bridgehead atoms. The number of hydrogen-bond acceptors (Lipinski definition) is 5. The summed E-state index contributed by atoms with van der Waals surface area (Å²) in [7, 11) is 1.27. The van der Waals surface area contributed by atoms with E-state index in [4.69, 9.17) is 10.5 Å². The average molecular weight is 210 g/mol. The van der Waals surface area contributed by atoms with Crippen LogP contribution in [0.15, 0.2) is 12.1 Å². The number of nitrogens with two attached hydrogens (primary N) is 1. The Labute approximate surface area is 85.8 Å². The molecule has 0 saturated heterocycles. The lowest BCUT2D eigenvalue weighted by atomic mass is 10.1. The number of ether oxygens (including phenoxy) is 1. The van der Waals surface area contributed by atoms with Crippen LogP contribution in [0, 0.1) is 10.1 Å². The van der Waals surface area contributed by atoms with Gasteiger partial charge in [-0.05, 0) is 19.1 Å². The molecule has 0 saturated carbocycles. The van der Waals surface area contributed by atoms with Gasteiger partial charge in [-0.3, -0.25) is 14.9 Å². The van der Waals surface area contributed by atoms with E-state index < -0.39 is 10.7 Å². The van der Waals surface area contributed by atoms with E-state index in [2.05, 4.69) is 0 Å². The van der Waals surface area contributed by atoms with E-state index in [1.807, 2.05) is 0 Å². The quantitative estimate of drug-likeness (QED) is 0.352. The number of rotatable bonds is 3. The number of nitro benzene ring substituents is 1. The zero-order valence-electron chi connectivity index (χ0n) is 8.31. The van der Waals surface area contributed by atoms with Gasteiger partial charge in [0.25, 0.3) is 0 Å². The number of nitrogens with zero attached hydrogens (tertiary/aromatic N) is 1. The zero-order chi connectivity index (χ0) is 11.6. The minimum absolute atomic E-state index is 0.00829. The van der Waals surface area contributed by atoms with E-state index in [1.165, 1.54) is 26.2 Å². The van der Waals surface area contributed by atoms with Crippen molar-refractivity contribution in [3.63, 3.8) is 0 Å². The van der Waals surface area contributed by atoms with Gasteiger partial charge in [-0.2, -0.15) is 0 Å². The number of methoxy groups -OCH3 is 1. The number of anilines is 1. The van der Waals surface area contributed by atoms with Crippen molar-refractivity contribution in [3.05, 3.63) is 27.8 Å². The summed E-state index contributed by atoms with van der Waals surface area (Å²) in [6.45, 7) is 1.25. The first kappa shape index (κ1) is 11.0. The molecule has 0 aliphatic heterocycles. The molecule has 0 aliphatic rings. The van der Waals surface area contributed by atoms with Gasteiger partial charge in [0.2, 0.25) is 5.75 Å². The van der Waals surface area contributed by atoms with Gasteiger partial charge >= 0.3 is 5.69 Å². The fourth-order valence-electron chi connectivity index (χ4n) is 1.27. The number of hydrogen-bond donors (Lipinski definition) is 1. The van der Waals surface area contributed by atoms with Gasteiger partial charge in [-0.15, -0.1) is 0 Å². The van der Waals surface area contributed by atoms with E-state index in [0.29, 0.717) is 0 Å². The van der Waals surface area contributed by atoms with Crippen molar-refractivity contribution in [2.45, 2.75) is 6.92 Å². The van der Waals surface area contributed by atoms with Crippen molar-refractivity contribution in [1.29, 1.82) is 0 Å². The average Bonchev–Trinajstić information content (AvgIpc) is 2.16. The molecule has 0 spiro atoms. The topological polar surface area (TPSA) is 95.5 Å². The largest absolute Gasteiger partial charge is 0.489 e. The molecule has 0 heterocycles. The summed E-state index contributed by atoms with van der Waals surface area (Å²) in [5, 5.41) is 10.8. The summed E-state index contributed by atoms with van der Waals surface area (Å²) >= 11 is 0. The summed E-state index contributed by atoms with van der Waals surface area (Å²) in [4.78, 5) is 21.3. The lowest BCUT2D eigenvalue weighted by Gasteiger charge is -2.07. The number of nitro groups is 1. The normalized spacial score (nSPS) is 9.73. The number of Topliss-reactive ketones (excluding diaryl/α,β-unsaturated/α-hetero) is 1. The molecule has 0 aromatic heterocycles. The van der Waals surface area contributed by atoms with Gasteiger partial charge in [-0.1, -0.05) is 0 Å². The van der Waals surface area contributed by atoms with Gasteiger partial charge in [-0.25, -0.2) is 0 Å². The van der Waals surface area contributed by atoms with Crippen LogP contribution in [0.3, 0.4) is 0 Å². The molecule has 15 heavy (non-hydrogen) atoms. The van der Waals surface area contributed by atoms with Crippen LogP contribution in [0.25, 0.3) is 0 Å². The Kier molecular flexibility index (Phi) is 2.89. The van der Waals surface area contributed by atoms with E-state index in [1.54, 1.807) is 0 Å². The summed E-state index contributed by atoms with van der Waals surface area (Å²) in [6, 6.07) is 2.72. The minimum atomic E-state index is -0.675. The highest BCUT2D eigenvalue weighted by molar-refractivity contribution is 6.00. The van der Waals surface area contributed by atoms with Crippen LogP contribution in [0.5, 0.6) is 5.75 Å². The minimum Gasteiger partial charge on any atom is -0.489 e. The molecule has 6 nitrogen and oxygen atoms in total. The second kappa shape index (κ2) is 3.95. The van der Waals surface area contributed by atoms with Gasteiger partial charge in [0.1, 0.15) is 0 Å². The molecule has 0 aliphatic carbocycles. The SMILES string of the molecule is COc1c(N)ccc(C(C)=O)c1[N+](=O)[O-]. The van der Waals surface area contributed by atoms with Crippen LogP contribution in [-0.4, -0.2) is 17.8 Å². The lowest BCUT2D eigenvalue weighted by Crippen LogP contribution is -2.04. The summed E-state index contributed by atoms with van der Waals surface area (Å²) in [6.07, 6.45) is 0. The highest BCUT2D eigenvalue weighted by Crippen LogP contribution is 2.36. The second-order valence-electron chi connectivity index (χ2n) is 2.90. The van der Waals surface area contributed by atoms with Crippen molar-refractivity contribution in [2.24, 2.45) is 0 Å². The number of ketones is 1. The van der Waals surface area contributed by atoms with Gasteiger partial charge < -0.3 is 10.5 Å². The van der Waals surface area contributed by atoms with Gasteiger partial charge in [0, 0.05) is 0 Å². The third-order valence-electron chi connectivity index (χ3n) is 1.93. The second-order valence-corrected chi connectivity index (χ2v) is 2.90. The van der Waals surface area contributed by atoms with E-state index in [-0.39, 0.29) is 22.7 Å². The molecule has 0 atom stereocenters. The highest BCUT2D eigenvalue weighted by atomic mass is 16.6. The fourth-order valence-corrected chi connectivity index (χ4v) is 1.27. The van der Waals surface area contributed by atoms with E-state index >= 15 is 0 Å². The van der Waals surface area contributed by atoms with Crippen molar-refractivity contribution < 1.29 is 14.5 Å². The molecule has 0 unspecified atom stereocenters. The number of carbonyl (C=O) groups is 1. The van der Waals surface area contributed by atoms with Crippen molar-refractivity contribution in [1.82, 2.24) is 0 Å². The first-order valence-electron chi connectivity index (χ1n) is 4.10. The fraction of sp³-hybridized carbons (Fsp3) is 0.222. The maximum absolute atomic E-state index is 11.1. The molecular formula is C9H10N2O4. The lowest BCUT2D eigenvalue weighted by molar-refractivity contribution is -0.385. The number of nitrogen functional groups attached to an aromatic ring is 1. The first-order valence-corrected chi connectivity index (χ1v) is 4.10. The van der Waals surface area contributed by atoms with Crippen LogP contribution in [0.4, 0.5) is 11.4 Å². The molecule has 6 heteroatoms. The monoisotopic (exact) mass is 210 g/mol. The number of benzene rings is 1. The van der Waals surface area contributed by atoms with Crippen LogP contribution in [0.1, 0.15) is 17.3 Å². The molecule has 0 radical (unpaired) electrons. The number of carbonyl (C=O) groups excluding carboxylic acids is 1. The molecule has 1 aromatic rings. The van der Waals surface area contributed by atoms with Crippen molar-refractivity contribution in [2.75, 3.05) is 12.8 Å². The molecule has 1 rings (SSSR count). The third kappa shape index (κ3) is 1.88. The van der Waals surface area contributed by atoms with Crippen LogP contribution in [0.2, 0.25) is 0 Å². The van der Waals surface area contributed by atoms with E-state index in [0.717, 1.165) is 0 Å². The Hall–Kier alpha value is -2.11. The standard InChI is InChI=1S/C9H10N2O4/c1-5(12)6-3-4-7(10)9(15-2)8(6)11(13)14/h3-4H,10H2,1-2H3. The highest BCUT2D eigenvalue weighted by Gasteiger charge is 2.25. The molecule has 1 aromatic carbocycles. The Morgan fingerprint density at radius 2 is 2.13 bits per heavy atom. The Balaban J connectivity index is 3.56. The van der Waals surface area contributed by atoms with Gasteiger partial charge in [0.15, 0.2) is 5.78 Å². The van der Waals surface area contributed by atoms with Crippen molar-refractivity contribution >= 4 is 17.2 Å². The molecule has 0 fully saturated rings. The molecular weight excluding hydrogens is 200 g/mol. The molecule has 0 amide bonds. The molecule has 2 N–H and O–H groups in total. The zero-order valence-corrected chi connectivity index (χ0v) is 8.31. The summed E-state index contributed by atoms with van der Waals surface area (Å²) in [5.74, 6) is -0.479. The maximum atomic E-state index is 11.1. The van der Waals surface area contributed by atoms with Gasteiger partial charge in [0.05, 0.1) is 23.3 Å². The van der Waals surface area contributed by atoms with Crippen LogP contribution >= 0.6 is 0 Å². The summed E-state index contributed by atoms with van der Waals surface area (Å²) < 4.78 is 4.81. The maximum Gasteiger partial charge on any atom is 0.323 e. The Morgan fingerprint density at radius 3 is 2.53 bits per heavy atom.